The number of ether oxygens (including phenoxy) is 3. The van der Waals surface area contributed by atoms with Gasteiger partial charge in [0, 0.05) is 26.7 Å². The standard InChI is InChI=1S/C22H34N2O5/c1-6-27-20(25)16-28-18-12-13-24(14-18)15-19(17-10-8-7-9-11-17)23(5)21(26)29-22(2,3)4/h7-11,18-19H,6,12-16H2,1-5H3. The predicted octanol–water partition coefficient (Wildman–Crippen LogP) is 3.25. The van der Waals surface area contributed by atoms with Gasteiger partial charge in [-0.1, -0.05) is 30.3 Å². The Bertz CT molecular complexity index is 659. The number of hydrogen-bond acceptors (Lipinski definition) is 6. The fraction of sp³-hybridized carbons (Fsp3) is 0.636. The van der Waals surface area contributed by atoms with E-state index in [1.165, 1.54) is 0 Å². The molecule has 1 heterocycles. The average Bonchev–Trinajstić information content (AvgIpc) is 3.11. The number of benzene rings is 1. The Balaban J connectivity index is 2.00. The van der Waals surface area contributed by atoms with Crippen molar-refractivity contribution in [3.8, 4) is 0 Å². The van der Waals surface area contributed by atoms with Crippen LogP contribution in [0.5, 0.6) is 0 Å². The second kappa shape index (κ2) is 10.6. The molecule has 0 spiro atoms. The Morgan fingerprint density at radius 1 is 1.24 bits per heavy atom. The predicted molar refractivity (Wildman–Crippen MR) is 111 cm³/mol. The topological polar surface area (TPSA) is 68.3 Å². The molecule has 0 N–H and O–H groups in total. The monoisotopic (exact) mass is 406 g/mol. The van der Waals surface area contributed by atoms with Gasteiger partial charge in [0.15, 0.2) is 0 Å². The summed E-state index contributed by atoms with van der Waals surface area (Å²) in [5.41, 5.74) is 0.503. The van der Waals surface area contributed by atoms with Crippen molar-refractivity contribution in [3.63, 3.8) is 0 Å². The zero-order valence-corrected chi connectivity index (χ0v) is 18.2. The lowest BCUT2D eigenvalue weighted by Gasteiger charge is -2.33. The zero-order chi connectivity index (χ0) is 21.4. The number of hydrogen-bond donors (Lipinski definition) is 0. The number of likely N-dealkylation sites (tertiary alicyclic amines) is 1. The van der Waals surface area contributed by atoms with E-state index in [1.807, 2.05) is 51.1 Å². The summed E-state index contributed by atoms with van der Waals surface area (Å²) in [5.74, 6) is -0.335. The maximum atomic E-state index is 12.7. The van der Waals surface area contributed by atoms with Crippen LogP contribution in [0.1, 0.15) is 45.7 Å². The number of carbonyl (C=O) groups excluding carboxylic acids is 2. The van der Waals surface area contributed by atoms with E-state index in [1.54, 1.807) is 18.9 Å². The maximum absolute atomic E-state index is 12.7. The molecule has 1 amide bonds. The average molecular weight is 407 g/mol. The van der Waals surface area contributed by atoms with E-state index in [2.05, 4.69) is 4.90 Å². The number of rotatable bonds is 8. The van der Waals surface area contributed by atoms with Crippen molar-refractivity contribution >= 4 is 12.1 Å². The molecule has 0 saturated carbocycles. The molecular weight excluding hydrogens is 372 g/mol. The molecule has 2 atom stereocenters. The molecule has 1 fully saturated rings. The van der Waals surface area contributed by atoms with Crippen LogP contribution in [0.4, 0.5) is 4.79 Å². The quantitative estimate of drug-likeness (QED) is 0.618. The molecule has 7 nitrogen and oxygen atoms in total. The van der Waals surface area contributed by atoms with E-state index in [-0.39, 0.29) is 30.8 Å². The molecule has 0 radical (unpaired) electrons. The van der Waals surface area contributed by atoms with Gasteiger partial charge in [-0.05, 0) is 39.7 Å². The van der Waals surface area contributed by atoms with Gasteiger partial charge in [0.2, 0.25) is 0 Å². The normalized spacial score (nSPS) is 18.3. The molecule has 1 saturated heterocycles. The van der Waals surface area contributed by atoms with Gasteiger partial charge in [-0.25, -0.2) is 9.59 Å². The highest BCUT2D eigenvalue weighted by molar-refractivity contribution is 5.70. The third-order valence-electron chi connectivity index (χ3n) is 4.74. The fourth-order valence-electron chi connectivity index (χ4n) is 3.32. The van der Waals surface area contributed by atoms with Crippen molar-refractivity contribution < 1.29 is 23.8 Å². The largest absolute Gasteiger partial charge is 0.464 e. The minimum absolute atomic E-state index is 0.0114. The SMILES string of the molecule is CCOC(=O)COC1CCN(CC(c2ccccc2)N(C)C(=O)OC(C)(C)C)C1. The van der Waals surface area contributed by atoms with Gasteiger partial charge in [-0.3, -0.25) is 4.90 Å². The Morgan fingerprint density at radius 3 is 2.55 bits per heavy atom. The van der Waals surface area contributed by atoms with Gasteiger partial charge in [0.25, 0.3) is 0 Å². The highest BCUT2D eigenvalue weighted by Gasteiger charge is 2.31. The van der Waals surface area contributed by atoms with Gasteiger partial charge < -0.3 is 19.1 Å². The highest BCUT2D eigenvalue weighted by atomic mass is 16.6. The second-order valence-electron chi connectivity index (χ2n) is 8.30. The smallest absolute Gasteiger partial charge is 0.410 e. The summed E-state index contributed by atoms with van der Waals surface area (Å²) in [6.07, 6.45) is 0.486. The third kappa shape index (κ3) is 7.66. The van der Waals surface area contributed by atoms with Crippen molar-refractivity contribution in [1.82, 2.24) is 9.80 Å². The lowest BCUT2D eigenvalue weighted by atomic mass is 10.1. The van der Waals surface area contributed by atoms with Crippen LogP contribution in [0.3, 0.4) is 0 Å². The van der Waals surface area contributed by atoms with Crippen molar-refractivity contribution in [3.05, 3.63) is 35.9 Å². The zero-order valence-electron chi connectivity index (χ0n) is 18.2. The first kappa shape index (κ1) is 23.2. The summed E-state index contributed by atoms with van der Waals surface area (Å²) in [7, 11) is 1.77. The van der Waals surface area contributed by atoms with Crippen LogP contribution in [-0.4, -0.2) is 73.5 Å². The van der Waals surface area contributed by atoms with Crippen LogP contribution in [-0.2, 0) is 19.0 Å². The van der Waals surface area contributed by atoms with Gasteiger partial charge in [-0.15, -0.1) is 0 Å². The van der Waals surface area contributed by atoms with Crippen LogP contribution in [0.2, 0.25) is 0 Å². The number of esters is 1. The Kier molecular flexibility index (Phi) is 8.46. The molecule has 29 heavy (non-hydrogen) atoms. The van der Waals surface area contributed by atoms with Crippen molar-refractivity contribution in [2.75, 3.05) is 39.9 Å². The summed E-state index contributed by atoms with van der Waals surface area (Å²) in [6.45, 7) is 9.93. The number of likely N-dealkylation sites (N-methyl/N-ethyl adjacent to an activating group) is 1. The molecule has 0 aromatic heterocycles. The van der Waals surface area contributed by atoms with E-state index >= 15 is 0 Å². The second-order valence-corrected chi connectivity index (χ2v) is 8.30. The maximum Gasteiger partial charge on any atom is 0.410 e. The van der Waals surface area contributed by atoms with Crippen LogP contribution >= 0.6 is 0 Å². The number of carbonyl (C=O) groups is 2. The van der Waals surface area contributed by atoms with Crippen molar-refractivity contribution in [2.24, 2.45) is 0 Å². The number of amides is 1. The summed E-state index contributed by atoms with van der Waals surface area (Å²) in [4.78, 5) is 28.1. The van der Waals surface area contributed by atoms with Crippen LogP contribution < -0.4 is 0 Å². The lowest BCUT2D eigenvalue weighted by Crippen LogP contribution is -2.41. The third-order valence-corrected chi connectivity index (χ3v) is 4.74. The Hall–Kier alpha value is -2.12. The van der Waals surface area contributed by atoms with Crippen molar-refractivity contribution in [1.29, 1.82) is 0 Å². The van der Waals surface area contributed by atoms with Gasteiger partial charge in [0.1, 0.15) is 12.2 Å². The first-order chi connectivity index (χ1) is 13.7. The number of nitrogens with zero attached hydrogens (tertiary/aromatic N) is 2. The molecule has 0 bridgehead atoms. The molecule has 2 unspecified atom stereocenters. The first-order valence-corrected chi connectivity index (χ1v) is 10.2. The van der Waals surface area contributed by atoms with Gasteiger partial charge in [-0.2, -0.15) is 0 Å². The molecule has 1 aliphatic rings. The minimum Gasteiger partial charge on any atom is -0.464 e. The highest BCUT2D eigenvalue weighted by Crippen LogP contribution is 2.25. The molecule has 1 aromatic carbocycles. The first-order valence-electron chi connectivity index (χ1n) is 10.2. The molecule has 7 heteroatoms. The van der Waals surface area contributed by atoms with Gasteiger partial charge >= 0.3 is 12.1 Å². The van der Waals surface area contributed by atoms with Crippen LogP contribution in [0.15, 0.2) is 30.3 Å². The van der Waals surface area contributed by atoms with E-state index in [9.17, 15) is 9.59 Å². The summed E-state index contributed by atoms with van der Waals surface area (Å²) in [6, 6.07) is 9.81. The Labute approximate surface area is 173 Å². The summed E-state index contributed by atoms with van der Waals surface area (Å²) in [5, 5.41) is 0. The molecular formula is C22H34N2O5. The summed E-state index contributed by atoms with van der Waals surface area (Å²) < 4.78 is 16.2. The van der Waals surface area contributed by atoms with E-state index in [4.69, 9.17) is 14.2 Å². The molecule has 162 valence electrons. The Morgan fingerprint density at radius 2 is 1.93 bits per heavy atom. The van der Waals surface area contributed by atoms with Crippen LogP contribution in [0, 0.1) is 0 Å². The molecule has 1 aliphatic heterocycles. The lowest BCUT2D eigenvalue weighted by molar-refractivity contribution is -0.150. The fourth-order valence-corrected chi connectivity index (χ4v) is 3.32. The molecule has 0 aliphatic carbocycles. The van der Waals surface area contributed by atoms with E-state index in [0.717, 1.165) is 18.5 Å². The molecule has 1 aromatic rings. The molecule has 2 rings (SSSR count). The van der Waals surface area contributed by atoms with Crippen LogP contribution in [0.25, 0.3) is 0 Å². The summed E-state index contributed by atoms with van der Waals surface area (Å²) >= 11 is 0. The van der Waals surface area contributed by atoms with E-state index in [0.29, 0.717) is 19.7 Å². The van der Waals surface area contributed by atoms with E-state index < -0.39 is 5.60 Å². The minimum atomic E-state index is -0.549. The van der Waals surface area contributed by atoms with Gasteiger partial charge in [0.05, 0.1) is 18.8 Å². The van der Waals surface area contributed by atoms with Crippen molar-refractivity contribution in [2.45, 2.75) is 51.9 Å².